The molecule has 0 spiro atoms. The second-order valence-corrected chi connectivity index (χ2v) is 5.15. The van der Waals surface area contributed by atoms with Gasteiger partial charge in [-0.3, -0.25) is 9.59 Å². The number of halogens is 4. The second-order valence-electron chi connectivity index (χ2n) is 5.15. The first kappa shape index (κ1) is 18.4. The average Bonchev–Trinajstić information content (AvgIpc) is 2.56. The number of anilines is 1. The lowest BCUT2D eigenvalue weighted by Crippen LogP contribution is -2.37. The second kappa shape index (κ2) is 7.78. The van der Waals surface area contributed by atoms with E-state index in [0.29, 0.717) is 0 Å². The van der Waals surface area contributed by atoms with Crippen molar-refractivity contribution >= 4 is 17.5 Å². The Morgan fingerprint density at radius 1 is 0.920 bits per heavy atom. The first-order valence-electron chi connectivity index (χ1n) is 7.26. The van der Waals surface area contributed by atoms with Gasteiger partial charge in [0, 0.05) is 37.3 Å². The molecule has 132 valence electrons. The molecule has 0 fully saturated rings. The monoisotopic (exact) mass is 354 g/mol. The fourth-order valence-corrected chi connectivity index (χ4v) is 2.14. The molecule has 25 heavy (non-hydrogen) atoms. The minimum atomic E-state index is -1.15. The third-order valence-electron chi connectivity index (χ3n) is 3.40. The summed E-state index contributed by atoms with van der Waals surface area (Å²) in [6.07, 6.45) is 0. The highest BCUT2D eigenvalue weighted by atomic mass is 19.2. The third kappa shape index (κ3) is 4.56. The van der Waals surface area contributed by atoms with E-state index in [-0.39, 0.29) is 24.3 Å². The zero-order chi connectivity index (χ0) is 18.6. The van der Waals surface area contributed by atoms with Crippen LogP contribution in [0.5, 0.6) is 0 Å². The summed E-state index contributed by atoms with van der Waals surface area (Å²) >= 11 is 0. The van der Waals surface area contributed by atoms with Gasteiger partial charge < -0.3 is 10.2 Å². The normalized spacial score (nSPS) is 10.4. The van der Waals surface area contributed by atoms with Crippen molar-refractivity contribution in [2.45, 2.75) is 6.92 Å². The van der Waals surface area contributed by atoms with Crippen LogP contribution in [-0.4, -0.2) is 24.9 Å². The Kier molecular flexibility index (Phi) is 5.74. The first-order chi connectivity index (χ1) is 11.8. The maximum absolute atomic E-state index is 13.3. The summed E-state index contributed by atoms with van der Waals surface area (Å²) in [7, 11) is 0. The molecular formula is C17H14F4N2O2. The van der Waals surface area contributed by atoms with E-state index in [9.17, 15) is 27.2 Å². The molecule has 0 aliphatic heterocycles. The maximum atomic E-state index is 13.3. The SMILES string of the molecule is CC(=O)N(CCNC(=O)c1ccc(F)c(F)c1)c1ccc(F)c(F)c1. The smallest absolute Gasteiger partial charge is 0.251 e. The van der Waals surface area contributed by atoms with Crippen molar-refractivity contribution < 1.29 is 27.2 Å². The predicted molar refractivity (Wildman–Crippen MR) is 83.1 cm³/mol. The number of hydrogen-bond donors (Lipinski definition) is 1. The van der Waals surface area contributed by atoms with Crippen molar-refractivity contribution in [1.29, 1.82) is 0 Å². The summed E-state index contributed by atoms with van der Waals surface area (Å²) in [5, 5.41) is 2.44. The molecule has 0 aromatic heterocycles. The van der Waals surface area contributed by atoms with E-state index >= 15 is 0 Å². The molecule has 4 nitrogen and oxygen atoms in total. The minimum absolute atomic E-state index is 0.0180. The number of hydrogen-bond acceptors (Lipinski definition) is 2. The Morgan fingerprint density at radius 3 is 2.08 bits per heavy atom. The van der Waals surface area contributed by atoms with Crippen LogP contribution < -0.4 is 10.2 Å². The molecule has 8 heteroatoms. The molecule has 0 aliphatic carbocycles. The number of rotatable bonds is 5. The molecule has 2 amide bonds. The molecule has 2 aromatic rings. The third-order valence-corrected chi connectivity index (χ3v) is 3.40. The summed E-state index contributed by atoms with van der Waals surface area (Å²) in [6.45, 7) is 1.19. The van der Waals surface area contributed by atoms with Crippen LogP contribution in [0, 0.1) is 23.3 Å². The van der Waals surface area contributed by atoms with Crippen LogP contribution in [0.1, 0.15) is 17.3 Å². The van der Waals surface area contributed by atoms with Crippen molar-refractivity contribution in [3.05, 3.63) is 65.2 Å². The van der Waals surface area contributed by atoms with Gasteiger partial charge >= 0.3 is 0 Å². The molecule has 0 saturated heterocycles. The molecule has 0 unspecified atom stereocenters. The number of carbonyl (C=O) groups excluding carboxylic acids is 2. The van der Waals surface area contributed by atoms with E-state index in [1.807, 2.05) is 0 Å². The van der Waals surface area contributed by atoms with E-state index in [1.54, 1.807) is 0 Å². The minimum Gasteiger partial charge on any atom is -0.350 e. The van der Waals surface area contributed by atoms with E-state index in [1.165, 1.54) is 13.0 Å². The maximum Gasteiger partial charge on any atom is 0.251 e. The summed E-state index contributed by atoms with van der Waals surface area (Å²) in [5.74, 6) is -5.47. The van der Waals surface area contributed by atoms with Gasteiger partial charge in [0.25, 0.3) is 5.91 Å². The van der Waals surface area contributed by atoms with Gasteiger partial charge in [-0.1, -0.05) is 0 Å². The Balaban J connectivity index is 2.01. The summed E-state index contributed by atoms with van der Waals surface area (Å²) in [4.78, 5) is 24.7. The summed E-state index contributed by atoms with van der Waals surface area (Å²) in [6, 6.07) is 5.69. The van der Waals surface area contributed by atoms with Crippen LogP contribution >= 0.6 is 0 Å². The van der Waals surface area contributed by atoms with Gasteiger partial charge in [0.1, 0.15) is 0 Å². The lowest BCUT2D eigenvalue weighted by molar-refractivity contribution is -0.116. The Labute approximate surface area is 141 Å². The van der Waals surface area contributed by atoms with Crippen LogP contribution in [-0.2, 0) is 4.79 Å². The first-order valence-corrected chi connectivity index (χ1v) is 7.26. The molecule has 1 N–H and O–H groups in total. The molecule has 0 heterocycles. The van der Waals surface area contributed by atoms with Crippen molar-refractivity contribution in [2.75, 3.05) is 18.0 Å². The topological polar surface area (TPSA) is 49.4 Å². The Hall–Kier alpha value is -2.90. The molecule has 2 aromatic carbocycles. The van der Waals surface area contributed by atoms with Crippen molar-refractivity contribution in [3.8, 4) is 0 Å². The molecule has 0 aliphatic rings. The highest BCUT2D eigenvalue weighted by molar-refractivity contribution is 5.94. The van der Waals surface area contributed by atoms with Crippen molar-refractivity contribution in [3.63, 3.8) is 0 Å². The lowest BCUT2D eigenvalue weighted by atomic mass is 10.2. The zero-order valence-electron chi connectivity index (χ0n) is 13.2. The predicted octanol–water partition coefficient (Wildman–Crippen LogP) is 3.03. The zero-order valence-corrected chi connectivity index (χ0v) is 13.2. The molecular weight excluding hydrogens is 340 g/mol. The average molecular weight is 354 g/mol. The van der Waals surface area contributed by atoms with Crippen LogP contribution in [0.2, 0.25) is 0 Å². The fraction of sp³-hybridized carbons (Fsp3) is 0.176. The Bertz CT molecular complexity index is 811. The van der Waals surface area contributed by atoms with Gasteiger partial charge in [-0.15, -0.1) is 0 Å². The van der Waals surface area contributed by atoms with E-state index in [2.05, 4.69) is 5.32 Å². The molecule has 0 radical (unpaired) electrons. The number of benzene rings is 2. The van der Waals surface area contributed by atoms with E-state index < -0.39 is 35.1 Å². The summed E-state index contributed by atoms with van der Waals surface area (Å²) < 4.78 is 52.2. The summed E-state index contributed by atoms with van der Waals surface area (Å²) in [5.41, 5.74) is 0.0505. The van der Waals surface area contributed by atoms with Gasteiger partial charge in [-0.2, -0.15) is 0 Å². The van der Waals surface area contributed by atoms with Crippen LogP contribution in [0.3, 0.4) is 0 Å². The molecule has 0 bridgehead atoms. The van der Waals surface area contributed by atoms with Gasteiger partial charge in [-0.25, -0.2) is 17.6 Å². The van der Waals surface area contributed by atoms with Crippen molar-refractivity contribution in [2.24, 2.45) is 0 Å². The van der Waals surface area contributed by atoms with Crippen LogP contribution in [0.15, 0.2) is 36.4 Å². The molecule has 2 rings (SSSR count). The molecule has 0 atom stereocenters. The molecule has 0 saturated carbocycles. The largest absolute Gasteiger partial charge is 0.350 e. The van der Waals surface area contributed by atoms with Crippen LogP contribution in [0.25, 0.3) is 0 Å². The van der Waals surface area contributed by atoms with Gasteiger partial charge in [0.05, 0.1) is 0 Å². The highest BCUT2D eigenvalue weighted by Gasteiger charge is 2.15. The fourth-order valence-electron chi connectivity index (χ4n) is 2.14. The van der Waals surface area contributed by atoms with Crippen molar-refractivity contribution in [1.82, 2.24) is 5.32 Å². The van der Waals surface area contributed by atoms with E-state index in [4.69, 9.17) is 0 Å². The van der Waals surface area contributed by atoms with E-state index in [0.717, 1.165) is 35.2 Å². The number of carbonyl (C=O) groups is 2. The standard InChI is InChI=1S/C17H14F4N2O2/c1-10(24)23(12-3-5-14(19)16(21)9-12)7-6-22-17(25)11-2-4-13(18)15(20)8-11/h2-5,8-9H,6-7H2,1H3,(H,22,25). The highest BCUT2D eigenvalue weighted by Crippen LogP contribution is 2.18. The van der Waals surface area contributed by atoms with Gasteiger partial charge in [0.15, 0.2) is 23.3 Å². The van der Waals surface area contributed by atoms with Gasteiger partial charge in [-0.05, 0) is 30.3 Å². The lowest BCUT2D eigenvalue weighted by Gasteiger charge is -2.21. The quantitative estimate of drug-likeness (QED) is 0.839. The van der Waals surface area contributed by atoms with Gasteiger partial charge in [0.2, 0.25) is 5.91 Å². The number of nitrogens with zero attached hydrogens (tertiary/aromatic N) is 1. The Morgan fingerprint density at radius 2 is 1.52 bits per heavy atom. The number of amides is 2. The number of nitrogens with one attached hydrogen (secondary N) is 1. The van der Waals surface area contributed by atoms with Crippen LogP contribution in [0.4, 0.5) is 23.2 Å².